The maximum Gasteiger partial charge on any atom is 0.230 e. The summed E-state index contributed by atoms with van der Waals surface area (Å²) in [7, 11) is 0. The van der Waals surface area contributed by atoms with Gasteiger partial charge >= 0.3 is 0 Å². The minimum absolute atomic E-state index is 0.162. The Balaban J connectivity index is 2.17. The molecule has 0 aliphatic carbocycles. The van der Waals surface area contributed by atoms with Gasteiger partial charge in [-0.3, -0.25) is 9.78 Å². The van der Waals surface area contributed by atoms with Crippen molar-refractivity contribution in [2.75, 3.05) is 0 Å². The third-order valence-corrected chi connectivity index (χ3v) is 3.14. The third-order valence-electron chi connectivity index (χ3n) is 2.71. The molecule has 0 spiro atoms. The number of aromatic nitrogens is 1. The first-order valence-electron chi connectivity index (χ1n) is 5.38. The minimum Gasteiger partial charge on any atom is -0.446 e. The number of hydrogen-bond donors (Lipinski definition) is 0. The van der Waals surface area contributed by atoms with E-state index in [1.165, 1.54) is 0 Å². The number of furan rings is 1. The average molecular weight is 302 g/mol. The lowest BCUT2D eigenvalue weighted by molar-refractivity contribution is 0.101. The summed E-state index contributed by atoms with van der Waals surface area (Å²) < 4.78 is 5.83. The number of fused-ring (bicyclic) bond motifs is 1. The van der Waals surface area contributed by atoms with Gasteiger partial charge in [0.2, 0.25) is 5.78 Å². The van der Waals surface area contributed by atoms with Crippen LogP contribution in [0.1, 0.15) is 16.1 Å². The molecular formula is C14H8BrNO2. The zero-order valence-electron chi connectivity index (χ0n) is 9.26. The van der Waals surface area contributed by atoms with E-state index in [0.717, 1.165) is 10.8 Å². The van der Waals surface area contributed by atoms with E-state index in [4.69, 9.17) is 4.42 Å². The van der Waals surface area contributed by atoms with Crippen LogP contribution >= 0.6 is 15.9 Å². The molecule has 0 saturated heterocycles. The van der Waals surface area contributed by atoms with Gasteiger partial charge in [0.05, 0.1) is 5.56 Å². The number of pyridine rings is 1. The summed E-state index contributed by atoms with van der Waals surface area (Å²) in [6, 6.07) is 11.0. The summed E-state index contributed by atoms with van der Waals surface area (Å²) >= 11 is 3.19. The molecule has 0 aliphatic heterocycles. The number of hydrogen-bond acceptors (Lipinski definition) is 3. The first-order valence-corrected chi connectivity index (χ1v) is 6.18. The average Bonchev–Trinajstić information content (AvgIpc) is 2.84. The number of halogens is 1. The summed E-state index contributed by atoms with van der Waals surface area (Å²) in [6.45, 7) is 0. The van der Waals surface area contributed by atoms with E-state index in [1.807, 2.05) is 24.3 Å². The van der Waals surface area contributed by atoms with Crippen LogP contribution in [0.4, 0.5) is 0 Å². The van der Waals surface area contributed by atoms with Gasteiger partial charge in [-0.1, -0.05) is 24.3 Å². The van der Waals surface area contributed by atoms with Gasteiger partial charge in [-0.2, -0.15) is 0 Å². The van der Waals surface area contributed by atoms with Gasteiger partial charge in [-0.05, 0) is 33.4 Å². The molecule has 0 aliphatic rings. The standard InChI is InChI=1S/C14H8BrNO2/c15-13-6-5-12(18-13)14(17)11-8-16-7-9-3-1-2-4-10(9)11/h1-8H. The number of carbonyl (C=O) groups is 1. The van der Waals surface area contributed by atoms with Gasteiger partial charge in [0.15, 0.2) is 10.4 Å². The molecule has 0 atom stereocenters. The number of benzene rings is 1. The van der Waals surface area contributed by atoms with Crippen LogP contribution in [0, 0.1) is 0 Å². The Labute approximate surface area is 112 Å². The van der Waals surface area contributed by atoms with Crippen molar-refractivity contribution in [1.82, 2.24) is 4.98 Å². The summed E-state index contributed by atoms with van der Waals surface area (Å²) in [4.78, 5) is 16.4. The van der Waals surface area contributed by atoms with E-state index >= 15 is 0 Å². The molecule has 18 heavy (non-hydrogen) atoms. The second-order valence-corrected chi connectivity index (χ2v) is 4.62. The SMILES string of the molecule is O=C(c1ccc(Br)o1)c1cncc2ccccc12. The van der Waals surface area contributed by atoms with E-state index in [2.05, 4.69) is 20.9 Å². The molecule has 0 saturated carbocycles. The lowest BCUT2D eigenvalue weighted by atomic mass is 10.0. The Morgan fingerprint density at radius 2 is 1.94 bits per heavy atom. The third kappa shape index (κ3) is 1.84. The monoisotopic (exact) mass is 301 g/mol. The summed E-state index contributed by atoms with van der Waals surface area (Å²) in [5.41, 5.74) is 0.551. The van der Waals surface area contributed by atoms with Crippen LogP contribution in [-0.2, 0) is 0 Å². The molecule has 0 N–H and O–H groups in total. The highest BCUT2D eigenvalue weighted by atomic mass is 79.9. The topological polar surface area (TPSA) is 43.1 Å². The quantitative estimate of drug-likeness (QED) is 0.676. The van der Waals surface area contributed by atoms with Gasteiger partial charge in [-0.15, -0.1) is 0 Å². The van der Waals surface area contributed by atoms with Crippen LogP contribution in [0.5, 0.6) is 0 Å². The zero-order chi connectivity index (χ0) is 12.5. The number of carbonyl (C=O) groups excluding carboxylic acids is 1. The van der Waals surface area contributed by atoms with Gasteiger partial charge in [0.1, 0.15) is 0 Å². The van der Waals surface area contributed by atoms with Crippen molar-refractivity contribution in [2.24, 2.45) is 0 Å². The molecule has 3 rings (SSSR count). The largest absolute Gasteiger partial charge is 0.446 e. The summed E-state index contributed by atoms with van der Waals surface area (Å²) in [6.07, 6.45) is 3.31. The van der Waals surface area contributed by atoms with E-state index in [-0.39, 0.29) is 5.78 Å². The molecule has 88 valence electrons. The smallest absolute Gasteiger partial charge is 0.230 e. The van der Waals surface area contributed by atoms with Crippen LogP contribution in [0.15, 0.2) is 57.9 Å². The Morgan fingerprint density at radius 1 is 1.11 bits per heavy atom. The molecule has 3 aromatic rings. The highest BCUT2D eigenvalue weighted by Crippen LogP contribution is 2.22. The Morgan fingerprint density at radius 3 is 2.72 bits per heavy atom. The van der Waals surface area contributed by atoms with E-state index in [0.29, 0.717) is 16.0 Å². The number of rotatable bonds is 2. The fourth-order valence-electron chi connectivity index (χ4n) is 1.87. The Kier molecular flexibility index (Phi) is 2.72. The molecule has 0 fully saturated rings. The van der Waals surface area contributed by atoms with Crippen molar-refractivity contribution in [3.8, 4) is 0 Å². The predicted molar refractivity (Wildman–Crippen MR) is 71.6 cm³/mol. The molecule has 0 amide bonds. The van der Waals surface area contributed by atoms with Crippen molar-refractivity contribution in [3.63, 3.8) is 0 Å². The van der Waals surface area contributed by atoms with Gasteiger partial charge < -0.3 is 4.42 Å². The molecule has 2 aromatic heterocycles. The van der Waals surface area contributed by atoms with Crippen molar-refractivity contribution >= 4 is 32.5 Å². The zero-order valence-corrected chi connectivity index (χ0v) is 10.8. The van der Waals surface area contributed by atoms with Crippen molar-refractivity contribution in [2.45, 2.75) is 0 Å². The van der Waals surface area contributed by atoms with Crippen LogP contribution in [0.3, 0.4) is 0 Å². The van der Waals surface area contributed by atoms with Crippen LogP contribution in [0.2, 0.25) is 0 Å². The second-order valence-electron chi connectivity index (χ2n) is 3.84. The maximum absolute atomic E-state index is 12.3. The molecule has 3 nitrogen and oxygen atoms in total. The number of ketones is 1. The molecule has 1 aromatic carbocycles. The highest BCUT2D eigenvalue weighted by molar-refractivity contribution is 9.10. The first kappa shape index (κ1) is 11.2. The second kappa shape index (κ2) is 4.38. The van der Waals surface area contributed by atoms with E-state index in [1.54, 1.807) is 24.5 Å². The van der Waals surface area contributed by atoms with Crippen LogP contribution in [-0.4, -0.2) is 10.8 Å². The van der Waals surface area contributed by atoms with E-state index in [9.17, 15) is 4.79 Å². The van der Waals surface area contributed by atoms with E-state index < -0.39 is 0 Å². The normalized spacial score (nSPS) is 10.7. The van der Waals surface area contributed by atoms with Crippen molar-refractivity contribution in [3.05, 3.63) is 64.8 Å². The molecule has 4 heteroatoms. The maximum atomic E-state index is 12.3. The molecular weight excluding hydrogens is 294 g/mol. The van der Waals surface area contributed by atoms with Gasteiger partial charge in [0.25, 0.3) is 0 Å². The van der Waals surface area contributed by atoms with Crippen LogP contribution < -0.4 is 0 Å². The highest BCUT2D eigenvalue weighted by Gasteiger charge is 2.16. The Hall–Kier alpha value is -1.94. The first-order chi connectivity index (χ1) is 8.75. The lowest BCUT2D eigenvalue weighted by Gasteiger charge is -2.02. The van der Waals surface area contributed by atoms with Crippen molar-refractivity contribution in [1.29, 1.82) is 0 Å². The Bertz CT molecular complexity index is 728. The fraction of sp³-hybridized carbons (Fsp3) is 0. The lowest BCUT2D eigenvalue weighted by Crippen LogP contribution is -2.01. The molecule has 0 unspecified atom stereocenters. The van der Waals surface area contributed by atoms with Crippen molar-refractivity contribution < 1.29 is 9.21 Å². The fourth-order valence-corrected chi connectivity index (χ4v) is 2.17. The van der Waals surface area contributed by atoms with Gasteiger partial charge in [-0.25, -0.2) is 0 Å². The van der Waals surface area contributed by atoms with Crippen LogP contribution in [0.25, 0.3) is 10.8 Å². The molecule has 0 bridgehead atoms. The molecule has 0 radical (unpaired) electrons. The molecule has 2 heterocycles. The summed E-state index contributed by atoms with van der Waals surface area (Å²) in [5.74, 6) is 0.144. The minimum atomic E-state index is -0.162. The predicted octanol–water partition coefficient (Wildman–Crippen LogP) is 3.82. The summed E-state index contributed by atoms with van der Waals surface area (Å²) in [5, 5.41) is 1.82. The number of nitrogens with zero attached hydrogens (tertiary/aromatic N) is 1. The van der Waals surface area contributed by atoms with Gasteiger partial charge in [0, 0.05) is 17.8 Å².